The number of nitrogens with one attached hydrogen (secondary N) is 3. The van der Waals surface area contributed by atoms with Gasteiger partial charge in [0.15, 0.2) is 0 Å². The molecule has 2 atom stereocenters. The lowest BCUT2D eigenvalue weighted by molar-refractivity contribution is -0.119. The first kappa shape index (κ1) is 23.4. The van der Waals surface area contributed by atoms with Gasteiger partial charge in [0.05, 0.1) is 6.04 Å². The van der Waals surface area contributed by atoms with Crippen LogP contribution in [0, 0.1) is 17.7 Å². The number of hydrogen-bond acceptors (Lipinski definition) is 5. The average Bonchev–Trinajstić information content (AvgIpc) is 3.30. The van der Waals surface area contributed by atoms with Crippen LogP contribution in [0.25, 0.3) is 0 Å². The largest absolute Gasteiger partial charge is 0.325 e. The Morgan fingerprint density at radius 2 is 1.64 bits per heavy atom. The van der Waals surface area contributed by atoms with E-state index < -0.39 is 26.6 Å². The molecule has 0 radical (unpaired) electrons. The van der Waals surface area contributed by atoms with E-state index in [1.807, 2.05) is 4.72 Å². The van der Waals surface area contributed by atoms with E-state index in [-0.39, 0.29) is 17.5 Å². The lowest BCUT2D eigenvalue weighted by atomic mass is 9.76. The summed E-state index contributed by atoms with van der Waals surface area (Å²) in [5.74, 6) is -1.01. The summed E-state index contributed by atoms with van der Waals surface area (Å²) in [5.41, 5.74) is 0.594. The molecule has 2 aliphatic rings. The minimum absolute atomic E-state index is 0.0759. The number of benzene rings is 2. The van der Waals surface area contributed by atoms with E-state index in [1.165, 1.54) is 56.4 Å². The van der Waals surface area contributed by atoms with Gasteiger partial charge in [-0.1, -0.05) is 44.2 Å². The third-order valence-corrected chi connectivity index (χ3v) is 7.94. The normalized spacial score (nSPS) is 21.5. The highest BCUT2D eigenvalue weighted by Crippen LogP contribution is 2.36. The maximum absolute atomic E-state index is 13.8. The SMILES string of the molecule is O=C(NS(=O)(=O)c1ccccc1F)c1ccc(NC(=O)[C@H]2NCCC2C2CCCCC2)cc1. The third-order valence-electron chi connectivity index (χ3n) is 6.58. The summed E-state index contributed by atoms with van der Waals surface area (Å²) in [6.07, 6.45) is 7.08. The minimum Gasteiger partial charge on any atom is -0.325 e. The summed E-state index contributed by atoms with van der Waals surface area (Å²) in [4.78, 5) is 24.7. The van der Waals surface area contributed by atoms with Crippen molar-refractivity contribution in [3.63, 3.8) is 0 Å². The maximum Gasteiger partial charge on any atom is 0.267 e. The lowest BCUT2D eigenvalue weighted by Crippen LogP contribution is -2.42. The molecule has 3 N–H and O–H groups in total. The van der Waals surface area contributed by atoms with Crippen molar-refractivity contribution >= 4 is 27.5 Å². The van der Waals surface area contributed by atoms with Gasteiger partial charge < -0.3 is 10.6 Å². The third kappa shape index (κ3) is 5.42. The van der Waals surface area contributed by atoms with Crippen LogP contribution >= 0.6 is 0 Å². The maximum atomic E-state index is 13.8. The number of anilines is 1. The molecule has 7 nitrogen and oxygen atoms in total. The fourth-order valence-electron chi connectivity index (χ4n) is 4.90. The predicted octanol–water partition coefficient (Wildman–Crippen LogP) is 3.44. The summed E-state index contributed by atoms with van der Waals surface area (Å²) in [5, 5.41) is 6.23. The Morgan fingerprint density at radius 3 is 2.33 bits per heavy atom. The molecule has 2 aromatic rings. The number of sulfonamides is 1. The zero-order chi connectivity index (χ0) is 23.4. The Kier molecular flexibility index (Phi) is 7.09. The molecule has 2 aromatic carbocycles. The second-order valence-electron chi connectivity index (χ2n) is 8.71. The van der Waals surface area contributed by atoms with Crippen molar-refractivity contribution in [2.24, 2.45) is 11.8 Å². The van der Waals surface area contributed by atoms with Crippen molar-refractivity contribution in [2.45, 2.75) is 49.5 Å². The summed E-state index contributed by atoms with van der Waals surface area (Å²) in [6, 6.07) is 10.5. The van der Waals surface area contributed by atoms with Gasteiger partial charge in [-0.25, -0.2) is 17.5 Å². The van der Waals surface area contributed by atoms with Gasteiger partial charge in [-0.3, -0.25) is 9.59 Å². The Labute approximate surface area is 193 Å². The molecule has 33 heavy (non-hydrogen) atoms. The Morgan fingerprint density at radius 1 is 0.939 bits per heavy atom. The molecule has 4 rings (SSSR count). The second-order valence-corrected chi connectivity index (χ2v) is 10.4. The Hall–Kier alpha value is -2.78. The van der Waals surface area contributed by atoms with Crippen LogP contribution in [0.15, 0.2) is 53.4 Å². The molecule has 0 aromatic heterocycles. The van der Waals surface area contributed by atoms with Crippen LogP contribution < -0.4 is 15.4 Å². The first-order chi connectivity index (χ1) is 15.8. The number of amides is 2. The Balaban J connectivity index is 1.38. The van der Waals surface area contributed by atoms with Gasteiger partial charge in [0.2, 0.25) is 5.91 Å². The molecule has 1 unspecified atom stereocenters. The zero-order valence-electron chi connectivity index (χ0n) is 18.2. The summed E-state index contributed by atoms with van der Waals surface area (Å²) < 4.78 is 40.3. The number of carbonyl (C=O) groups excluding carboxylic acids is 2. The molecule has 1 saturated heterocycles. The van der Waals surface area contributed by atoms with Crippen LogP contribution in [0.3, 0.4) is 0 Å². The molecule has 0 bridgehead atoms. The van der Waals surface area contributed by atoms with Crippen LogP contribution in [0.4, 0.5) is 10.1 Å². The summed E-state index contributed by atoms with van der Waals surface area (Å²) >= 11 is 0. The highest BCUT2D eigenvalue weighted by molar-refractivity contribution is 7.90. The van der Waals surface area contributed by atoms with Crippen molar-refractivity contribution < 1.29 is 22.4 Å². The summed E-state index contributed by atoms with van der Waals surface area (Å²) in [7, 11) is -4.35. The van der Waals surface area contributed by atoms with E-state index in [1.54, 1.807) is 12.1 Å². The van der Waals surface area contributed by atoms with Crippen molar-refractivity contribution in [2.75, 3.05) is 11.9 Å². The van der Waals surface area contributed by atoms with Gasteiger partial charge in [0.25, 0.3) is 15.9 Å². The highest BCUT2D eigenvalue weighted by Gasteiger charge is 2.38. The van der Waals surface area contributed by atoms with E-state index in [0.29, 0.717) is 17.5 Å². The van der Waals surface area contributed by atoms with Crippen molar-refractivity contribution in [1.29, 1.82) is 0 Å². The lowest BCUT2D eigenvalue weighted by Gasteiger charge is -2.30. The Bertz CT molecular complexity index is 1110. The molecule has 1 heterocycles. The predicted molar refractivity (Wildman–Crippen MR) is 123 cm³/mol. The molecule has 2 fully saturated rings. The van der Waals surface area contributed by atoms with Gasteiger partial charge in [0.1, 0.15) is 10.7 Å². The van der Waals surface area contributed by atoms with E-state index >= 15 is 0 Å². The van der Waals surface area contributed by atoms with Crippen LogP contribution in [0.2, 0.25) is 0 Å². The second kappa shape index (κ2) is 10.0. The summed E-state index contributed by atoms with van der Waals surface area (Å²) in [6.45, 7) is 0.828. The van der Waals surface area contributed by atoms with Crippen LogP contribution in [-0.4, -0.2) is 32.8 Å². The smallest absolute Gasteiger partial charge is 0.267 e. The molecule has 1 aliphatic carbocycles. The number of rotatable bonds is 6. The van der Waals surface area contributed by atoms with E-state index in [2.05, 4.69) is 10.6 Å². The number of halogens is 1. The van der Waals surface area contributed by atoms with Gasteiger partial charge in [-0.2, -0.15) is 0 Å². The molecule has 1 saturated carbocycles. The highest BCUT2D eigenvalue weighted by atomic mass is 32.2. The van der Waals surface area contributed by atoms with Crippen molar-refractivity contribution in [1.82, 2.24) is 10.0 Å². The fourth-order valence-corrected chi connectivity index (χ4v) is 5.96. The topological polar surface area (TPSA) is 104 Å². The van der Waals surface area contributed by atoms with E-state index in [4.69, 9.17) is 0 Å². The first-order valence-corrected chi connectivity index (χ1v) is 12.8. The number of carbonyl (C=O) groups is 2. The van der Waals surface area contributed by atoms with Crippen molar-refractivity contribution in [3.05, 3.63) is 59.9 Å². The molecular formula is C24H28FN3O4S. The molecular weight excluding hydrogens is 445 g/mol. The molecule has 0 spiro atoms. The molecule has 1 aliphatic heterocycles. The van der Waals surface area contributed by atoms with Crippen LogP contribution in [0.5, 0.6) is 0 Å². The van der Waals surface area contributed by atoms with Crippen LogP contribution in [-0.2, 0) is 14.8 Å². The molecule has 176 valence electrons. The monoisotopic (exact) mass is 473 g/mol. The van der Waals surface area contributed by atoms with Gasteiger partial charge in [0, 0.05) is 11.3 Å². The number of hydrogen-bond donors (Lipinski definition) is 3. The zero-order valence-corrected chi connectivity index (χ0v) is 19.0. The fraction of sp³-hybridized carbons (Fsp3) is 0.417. The first-order valence-electron chi connectivity index (χ1n) is 11.3. The van der Waals surface area contributed by atoms with Gasteiger partial charge >= 0.3 is 0 Å². The molecule has 9 heteroatoms. The quantitative estimate of drug-likeness (QED) is 0.596. The van der Waals surface area contributed by atoms with Gasteiger partial charge in [-0.05, 0) is 61.2 Å². The average molecular weight is 474 g/mol. The van der Waals surface area contributed by atoms with E-state index in [0.717, 1.165) is 25.1 Å². The molecule has 2 amide bonds. The van der Waals surface area contributed by atoms with Gasteiger partial charge in [-0.15, -0.1) is 0 Å². The minimum atomic E-state index is -4.35. The van der Waals surface area contributed by atoms with Crippen molar-refractivity contribution in [3.8, 4) is 0 Å². The van der Waals surface area contributed by atoms with E-state index in [9.17, 15) is 22.4 Å². The standard InChI is InChI=1S/C24H28FN3O4S/c25-20-8-4-5-9-21(20)33(31,32)28-23(29)17-10-12-18(13-11-17)27-24(30)22-19(14-15-26-22)16-6-2-1-3-7-16/h4-5,8-13,16,19,22,26H,1-3,6-7,14-15H2,(H,27,30)(H,28,29)/t19?,22-/m0/s1. The van der Waals surface area contributed by atoms with Crippen LogP contribution in [0.1, 0.15) is 48.9 Å².